The fourth-order valence-electron chi connectivity index (χ4n) is 3.35. The highest BCUT2D eigenvalue weighted by Crippen LogP contribution is 2.26. The smallest absolute Gasteiger partial charge is 0.282 e. The molecule has 3 atom stereocenters. The number of nitrogens with one attached hydrogen (secondary N) is 1. The first-order valence-electron chi connectivity index (χ1n) is 7.36. The van der Waals surface area contributed by atoms with E-state index in [4.69, 9.17) is 0 Å². The Balaban J connectivity index is 2.08. The third-order valence-corrected chi connectivity index (χ3v) is 6.22. The summed E-state index contributed by atoms with van der Waals surface area (Å²) in [6.45, 7) is 6.91. The Morgan fingerprint density at radius 3 is 2.26 bits per heavy atom. The van der Waals surface area contributed by atoms with Gasteiger partial charge in [-0.1, -0.05) is 13.8 Å². The molecule has 2 rings (SSSR count). The number of piperidine rings is 2. The summed E-state index contributed by atoms with van der Waals surface area (Å²) in [4.78, 5) is 0. The van der Waals surface area contributed by atoms with Crippen LogP contribution in [0.15, 0.2) is 0 Å². The monoisotopic (exact) mass is 289 g/mol. The lowest BCUT2D eigenvalue weighted by atomic mass is 9.94. The fraction of sp³-hybridized carbons (Fsp3) is 1.00. The van der Waals surface area contributed by atoms with E-state index in [0.29, 0.717) is 44.1 Å². The zero-order valence-electron chi connectivity index (χ0n) is 12.3. The van der Waals surface area contributed by atoms with Crippen molar-refractivity contribution in [2.24, 2.45) is 11.8 Å². The maximum absolute atomic E-state index is 12.7. The van der Waals surface area contributed by atoms with Gasteiger partial charge in [-0.15, -0.1) is 0 Å². The molecule has 2 fully saturated rings. The molecule has 0 spiro atoms. The number of hydrogen-bond donors (Lipinski definition) is 1. The van der Waals surface area contributed by atoms with E-state index in [-0.39, 0.29) is 0 Å². The van der Waals surface area contributed by atoms with Gasteiger partial charge in [0.15, 0.2) is 0 Å². The number of rotatable bonds is 3. The van der Waals surface area contributed by atoms with Crippen molar-refractivity contribution in [3.63, 3.8) is 0 Å². The molecule has 0 aromatic carbocycles. The van der Waals surface area contributed by atoms with Crippen molar-refractivity contribution < 1.29 is 8.42 Å². The van der Waals surface area contributed by atoms with Gasteiger partial charge in [-0.2, -0.15) is 17.0 Å². The zero-order chi connectivity index (χ0) is 14.0. The Labute approximate surface area is 117 Å². The quantitative estimate of drug-likeness (QED) is 0.839. The number of nitrogens with zero attached hydrogens (tertiary/aromatic N) is 2. The van der Waals surface area contributed by atoms with Gasteiger partial charge in [0.25, 0.3) is 10.2 Å². The van der Waals surface area contributed by atoms with Gasteiger partial charge in [-0.25, -0.2) is 0 Å². The van der Waals surface area contributed by atoms with E-state index < -0.39 is 10.2 Å². The molecule has 0 aromatic heterocycles. The second kappa shape index (κ2) is 6.08. The average Bonchev–Trinajstić information content (AvgIpc) is 2.37. The van der Waals surface area contributed by atoms with Crippen LogP contribution in [0.25, 0.3) is 0 Å². The number of hydrogen-bond acceptors (Lipinski definition) is 3. The first kappa shape index (κ1) is 15.2. The van der Waals surface area contributed by atoms with Crippen LogP contribution < -0.4 is 5.32 Å². The lowest BCUT2D eigenvalue weighted by Gasteiger charge is -2.39. The van der Waals surface area contributed by atoms with Gasteiger partial charge in [0.2, 0.25) is 0 Å². The fourth-order valence-corrected chi connectivity index (χ4v) is 5.29. The van der Waals surface area contributed by atoms with Crippen molar-refractivity contribution in [3.8, 4) is 0 Å². The minimum atomic E-state index is -3.27. The third kappa shape index (κ3) is 3.48. The first-order chi connectivity index (χ1) is 8.93. The summed E-state index contributed by atoms with van der Waals surface area (Å²) in [6.07, 6.45) is 3.14. The molecule has 2 aliphatic rings. The highest BCUT2D eigenvalue weighted by atomic mass is 32.2. The number of likely N-dealkylation sites (N-methyl/N-ethyl adjacent to an activating group) is 1. The van der Waals surface area contributed by atoms with Crippen molar-refractivity contribution >= 4 is 10.2 Å². The summed E-state index contributed by atoms with van der Waals surface area (Å²) >= 11 is 0. The SMILES string of the molecule is CNC1CCCN(S(=O)(=O)N2CC(C)CC(C)C2)C1. The summed E-state index contributed by atoms with van der Waals surface area (Å²) in [5.41, 5.74) is 0. The molecule has 0 amide bonds. The Morgan fingerprint density at radius 1 is 1.05 bits per heavy atom. The van der Waals surface area contributed by atoms with Crippen LogP contribution in [0, 0.1) is 11.8 Å². The van der Waals surface area contributed by atoms with Gasteiger partial charge < -0.3 is 5.32 Å². The van der Waals surface area contributed by atoms with Gasteiger partial charge in [-0.05, 0) is 38.1 Å². The molecule has 0 bridgehead atoms. The van der Waals surface area contributed by atoms with Crippen LogP contribution in [0.2, 0.25) is 0 Å². The van der Waals surface area contributed by atoms with E-state index in [2.05, 4.69) is 19.2 Å². The summed E-state index contributed by atoms with van der Waals surface area (Å²) in [5.74, 6) is 0.923. The van der Waals surface area contributed by atoms with Gasteiger partial charge in [0.05, 0.1) is 0 Å². The van der Waals surface area contributed by atoms with E-state index in [1.807, 2.05) is 7.05 Å². The standard InChI is InChI=1S/C13H27N3O2S/c1-11-7-12(2)9-16(8-11)19(17,18)15-6-4-5-13(10-15)14-3/h11-14H,4-10H2,1-3H3. The predicted octanol–water partition coefficient (Wildman–Crippen LogP) is 0.893. The van der Waals surface area contributed by atoms with E-state index >= 15 is 0 Å². The molecule has 0 radical (unpaired) electrons. The molecule has 19 heavy (non-hydrogen) atoms. The molecule has 2 aliphatic heterocycles. The average molecular weight is 289 g/mol. The van der Waals surface area contributed by atoms with Crippen LogP contribution in [0.4, 0.5) is 0 Å². The molecule has 1 N–H and O–H groups in total. The van der Waals surface area contributed by atoms with E-state index in [1.54, 1.807) is 8.61 Å². The molecule has 3 unspecified atom stereocenters. The molecule has 112 valence electrons. The maximum Gasteiger partial charge on any atom is 0.282 e. The highest BCUT2D eigenvalue weighted by molar-refractivity contribution is 7.86. The van der Waals surface area contributed by atoms with E-state index in [1.165, 1.54) is 0 Å². The van der Waals surface area contributed by atoms with Crippen LogP contribution in [0.3, 0.4) is 0 Å². The predicted molar refractivity (Wildman–Crippen MR) is 77.1 cm³/mol. The second-order valence-electron chi connectivity index (χ2n) is 6.26. The van der Waals surface area contributed by atoms with Crippen molar-refractivity contribution in [2.75, 3.05) is 33.2 Å². The Kier molecular flexibility index (Phi) is 4.87. The molecule has 0 aliphatic carbocycles. The molecule has 2 heterocycles. The van der Waals surface area contributed by atoms with Crippen LogP contribution in [0.1, 0.15) is 33.1 Å². The Bertz CT molecular complexity index is 389. The molecule has 6 heteroatoms. The highest BCUT2D eigenvalue weighted by Gasteiger charge is 2.36. The summed E-state index contributed by atoms with van der Waals surface area (Å²) in [5, 5.41) is 3.20. The van der Waals surface area contributed by atoms with E-state index in [9.17, 15) is 8.42 Å². The molecule has 0 saturated carbocycles. The first-order valence-corrected chi connectivity index (χ1v) is 8.75. The van der Waals surface area contributed by atoms with Crippen LogP contribution >= 0.6 is 0 Å². The van der Waals surface area contributed by atoms with Crippen LogP contribution in [0.5, 0.6) is 0 Å². The van der Waals surface area contributed by atoms with Crippen LogP contribution in [-0.2, 0) is 10.2 Å². The minimum Gasteiger partial charge on any atom is -0.316 e. The topological polar surface area (TPSA) is 52.7 Å². The Morgan fingerprint density at radius 2 is 1.68 bits per heavy atom. The van der Waals surface area contributed by atoms with Gasteiger partial charge >= 0.3 is 0 Å². The lowest BCUT2D eigenvalue weighted by Crippen LogP contribution is -2.54. The maximum atomic E-state index is 12.7. The molecular weight excluding hydrogens is 262 g/mol. The van der Waals surface area contributed by atoms with Crippen molar-refractivity contribution in [1.82, 2.24) is 13.9 Å². The summed E-state index contributed by atoms with van der Waals surface area (Å²) in [6, 6.07) is 0.295. The van der Waals surface area contributed by atoms with Crippen molar-refractivity contribution in [2.45, 2.75) is 39.2 Å². The summed E-state index contributed by atoms with van der Waals surface area (Å²) < 4.78 is 28.8. The third-order valence-electron chi connectivity index (χ3n) is 4.28. The Hall–Kier alpha value is -0.170. The molecule has 0 aromatic rings. The normalized spacial score (nSPS) is 35.4. The van der Waals surface area contributed by atoms with E-state index in [0.717, 1.165) is 19.3 Å². The van der Waals surface area contributed by atoms with Gasteiger partial charge in [-0.3, -0.25) is 0 Å². The largest absolute Gasteiger partial charge is 0.316 e. The molecule has 2 saturated heterocycles. The summed E-state index contributed by atoms with van der Waals surface area (Å²) in [7, 11) is -1.36. The zero-order valence-corrected chi connectivity index (χ0v) is 13.1. The minimum absolute atomic E-state index is 0.295. The molecular formula is C13H27N3O2S. The molecule has 5 nitrogen and oxygen atoms in total. The van der Waals surface area contributed by atoms with Gasteiger partial charge in [0, 0.05) is 32.2 Å². The van der Waals surface area contributed by atoms with Gasteiger partial charge in [0.1, 0.15) is 0 Å². The second-order valence-corrected chi connectivity index (χ2v) is 8.19. The van der Waals surface area contributed by atoms with Crippen LogP contribution in [-0.4, -0.2) is 56.3 Å². The van der Waals surface area contributed by atoms with Crippen molar-refractivity contribution in [1.29, 1.82) is 0 Å². The van der Waals surface area contributed by atoms with Crippen molar-refractivity contribution in [3.05, 3.63) is 0 Å². The lowest BCUT2D eigenvalue weighted by molar-refractivity contribution is 0.199.